The van der Waals surface area contributed by atoms with Gasteiger partial charge in [-0.25, -0.2) is 0 Å². The molecule has 0 spiro atoms. The summed E-state index contributed by atoms with van der Waals surface area (Å²) in [6.07, 6.45) is 1.82. The predicted molar refractivity (Wildman–Crippen MR) is 104 cm³/mol. The third-order valence-corrected chi connectivity index (χ3v) is 5.21. The van der Waals surface area contributed by atoms with Crippen molar-refractivity contribution in [2.75, 3.05) is 24.8 Å². The van der Waals surface area contributed by atoms with E-state index < -0.39 is 0 Å². The molecule has 2 aromatic rings. The molecule has 4 rings (SSSR count). The number of carbonyl (C=O) groups is 2. The average Bonchev–Trinajstić information content (AvgIpc) is 3.20. The quantitative estimate of drug-likeness (QED) is 0.827. The predicted octanol–water partition coefficient (Wildman–Crippen LogP) is 2.05. The fourth-order valence-electron chi connectivity index (χ4n) is 3.59. The van der Waals surface area contributed by atoms with Crippen LogP contribution in [0.5, 0.6) is 11.5 Å². The Morgan fingerprint density at radius 2 is 1.89 bits per heavy atom. The maximum Gasteiger partial charge on any atom is 0.251 e. The first-order chi connectivity index (χ1) is 13.6. The largest absolute Gasteiger partial charge is 0.454 e. The summed E-state index contributed by atoms with van der Waals surface area (Å²) in [5.74, 6) is 0.765. The number of fused-ring (bicyclic) bond motifs is 1. The molecule has 1 atom stereocenters. The van der Waals surface area contributed by atoms with E-state index in [1.165, 1.54) is 0 Å². The van der Waals surface area contributed by atoms with Crippen LogP contribution in [0.15, 0.2) is 42.5 Å². The molecule has 0 aromatic heterocycles. The van der Waals surface area contributed by atoms with Crippen LogP contribution in [0, 0.1) is 5.92 Å². The standard InChI is InChI=1S/C21H23N3O4/c22-20(25)16-2-1-9-24(12-16)17-6-3-14(4-7-17)11-23-21(26)15-5-8-18-19(10-15)28-13-27-18/h3-8,10,16H,1-2,9,11-13H2,(H2,22,25)(H,23,26). The van der Waals surface area contributed by atoms with Gasteiger partial charge in [-0.05, 0) is 48.7 Å². The Hall–Kier alpha value is -3.22. The van der Waals surface area contributed by atoms with Gasteiger partial charge in [-0.2, -0.15) is 0 Å². The van der Waals surface area contributed by atoms with Crippen molar-refractivity contribution in [3.63, 3.8) is 0 Å². The van der Waals surface area contributed by atoms with Crippen LogP contribution in [0.4, 0.5) is 5.69 Å². The zero-order valence-electron chi connectivity index (χ0n) is 15.5. The first-order valence-electron chi connectivity index (χ1n) is 9.41. The number of hydrogen-bond donors (Lipinski definition) is 2. The van der Waals surface area contributed by atoms with Crippen LogP contribution in [0.3, 0.4) is 0 Å². The van der Waals surface area contributed by atoms with Crippen LogP contribution in [-0.4, -0.2) is 31.7 Å². The van der Waals surface area contributed by atoms with Crippen molar-refractivity contribution >= 4 is 17.5 Å². The van der Waals surface area contributed by atoms with E-state index in [1.807, 2.05) is 24.3 Å². The van der Waals surface area contributed by atoms with E-state index in [4.69, 9.17) is 15.2 Å². The first kappa shape index (κ1) is 18.2. The van der Waals surface area contributed by atoms with Gasteiger partial charge in [0.1, 0.15) is 0 Å². The van der Waals surface area contributed by atoms with E-state index in [0.29, 0.717) is 30.2 Å². The molecule has 3 N–H and O–H groups in total. The van der Waals surface area contributed by atoms with Gasteiger partial charge < -0.3 is 25.4 Å². The molecule has 0 saturated carbocycles. The van der Waals surface area contributed by atoms with Crippen molar-refractivity contribution in [3.8, 4) is 11.5 Å². The van der Waals surface area contributed by atoms with E-state index in [1.54, 1.807) is 18.2 Å². The Morgan fingerprint density at radius 1 is 1.11 bits per heavy atom. The Labute approximate surface area is 163 Å². The van der Waals surface area contributed by atoms with Crippen molar-refractivity contribution < 1.29 is 19.1 Å². The Kier molecular flexibility index (Phi) is 5.06. The Morgan fingerprint density at radius 3 is 2.68 bits per heavy atom. The molecule has 1 unspecified atom stereocenters. The van der Waals surface area contributed by atoms with Crippen molar-refractivity contribution in [1.29, 1.82) is 0 Å². The van der Waals surface area contributed by atoms with Crippen molar-refractivity contribution in [2.24, 2.45) is 11.7 Å². The zero-order chi connectivity index (χ0) is 19.5. The third kappa shape index (κ3) is 3.88. The number of nitrogens with two attached hydrogens (primary N) is 1. The lowest BCUT2D eigenvalue weighted by molar-refractivity contribution is -0.122. The van der Waals surface area contributed by atoms with Gasteiger partial charge in [0, 0.05) is 30.9 Å². The number of nitrogens with zero attached hydrogens (tertiary/aromatic N) is 1. The highest BCUT2D eigenvalue weighted by Crippen LogP contribution is 2.32. The SMILES string of the molecule is NC(=O)C1CCCN(c2ccc(CNC(=O)c3ccc4c(c3)OCO4)cc2)C1. The summed E-state index contributed by atoms with van der Waals surface area (Å²) in [5, 5.41) is 2.92. The van der Waals surface area contributed by atoms with E-state index in [-0.39, 0.29) is 24.5 Å². The molecule has 0 aliphatic carbocycles. The minimum absolute atomic E-state index is 0.0885. The topological polar surface area (TPSA) is 93.9 Å². The van der Waals surface area contributed by atoms with Gasteiger partial charge in [0.15, 0.2) is 11.5 Å². The van der Waals surface area contributed by atoms with E-state index >= 15 is 0 Å². The molecular weight excluding hydrogens is 358 g/mol. The molecule has 1 saturated heterocycles. The highest BCUT2D eigenvalue weighted by molar-refractivity contribution is 5.94. The van der Waals surface area contributed by atoms with Crippen LogP contribution < -0.4 is 25.4 Å². The van der Waals surface area contributed by atoms with E-state index in [0.717, 1.165) is 30.6 Å². The summed E-state index contributed by atoms with van der Waals surface area (Å²) in [5.41, 5.74) is 8.06. The summed E-state index contributed by atoms with van der Waals surface area (Å²) in [6, 6.07) is 13.2. The van der Waals surface area contributed by atoms with E-state index in [2.05, 4.69) is 10.2 Å². The number of hydrogen-bond acceptors (Lipinski definition) is 5. The molecule has 2 aliphatic rings. The highest BCUT2D eigenvalue weighted by Gasteiger charge is 2.24. The number of anilines is 1. The number of rotatable bonds is 5. The van der Waals surface area contributed by atoms with Crippen LogP contribution in [-0.2, 0) is 11.3 Å². The Bertz CT molecular complexity index is 882. The number of ether oxygens (including phenoxy) is 2. The van der Waals surface area contributed by atoms with Gasteiger partial charge >= 0.3 is 0 Å². The average molecular weight is 381 g/mol. The van der Waals surface area contributed by atoms with Gasteiger partial charge in [0.05, 0.1) is 5.92 Å². The molecule has 1 fully saturated rings. The fraction of sp³-hybridized carbons (Fsp3) is 0.333. The molecule has 146 valence electrons. The molecule has 2 heterocycles. The summed E-state index contributed by atoms with van der Waals surface area (Å²) in [6.45, 7) is 2.20. The smallest absolute Gasteiger partial charge is 0.251 e. The first-order valence-corrected chi connectivity index (χ1v) is 9.41. The number of nitrogens with one attached hydrogen (secondary N) is 1. The molecule has 0 bridgehead atoms. The monoisotopic (exact) mass is 381 g/mol. The fourth-order valence-corrected chi connectivity index (χ4v) is 3.59. The second-order valence-electron chi connectivity index (χ2n) is 7.10. The van der Waals surface area contributed by atoms with E-state index in [9.17, 15) is 9.59 Å². The molecule has 7 heteroatoms. The van der Waals surface area contributed by atoms with Crippen molar-refractivity contribution in [2.45, 2.75) is 19.4 Å². The molecule has 2 aliphatic heterocycles. The van der Waals surface area contributed by atoms with Crippen LogP contribution in [0.1, 0.15) is 28.8 Å². The van der Waals surface area contributed by atoms with Crippen molar-refractivity contribution in [3.05, 3.63) is 53.6 Å². The number of benzene rings is 2. The number of primary amides is 1. The zero-order valence-corrected chi connectivity index (χ0v) is 15.5. The summed E-state index contributed by atoms with van der Waals surface area (Å²) in [7, 11) is 0. The summed E-state index contributed by atoms with van der Waals surface area (Å²) < 4.78 is 10.6. The number of amides is 2. The maximum atomic E-state index is 12.4. The second-order valence-corrected chi connectivity index (χ2v) is 7.10. The minimum Gasteiger partial charge on any atom is -0.454 e. The molecule has 7 nitrogen and oxygen atoms in total. The summed E-state index contributed by atoms with van der Waals surface area (Å²) >= 11 is 0. The third-order valence-electron chi connectivity index (χ3n) is 5.21. The number of piperidine rings is 1. The van der Waals surface area contributed by atoms with Gasteiger partial charge in [-0.1, -0.05) is 12.1 Å². The molecular formula is C21H23N3O4. The molecule has 28 heavy (non-hydrogen) atoms. The lowest BCUT2D eigenvalue weighted by atomic mass is 9.97. The van der Waals surface area contributed by atoms with Gasteiger partial charge in [0.2, 0.25) is 12.7 Å². The van der Waals surface area contributed by atoms with Gasteiger partial charge in [0.25, 0.3) is 5.91 Å². The van der Waals surface area contributed by atoms with Crippen LogP contribution in [0.25, 0.3) is 0 Å². The van der Waals surface area contributed by atoms with Crippen LogP contribution >= 0.6 is 0 Å². The van der Waals surface area contributed by atoms with Gasteiger partial charge in [-0.3, -0.25) is 9.59 Å². The lowest BCUT2D eigenvalue weighted by Gasteiger charge is -2.33. The Balaban J connectivity index is 1.34. The maximum absolute atomic E-state index is 12.4. The van der Waals surface area contributed by atoms with Crippen molar-refractivity contribution in [1.82, 2.24) is 5.32 Å². The highest BCUT2D eigenvalue weighted by atomic mass is 16.7. The lowest BCUT2D eigenvalue weighted by Crippen LogP contribution is -2.41. The number of carbonyl (C=O) groups excluding carboxylic acids is 2. The molecule has 2 aromatic carbocycles. The normalized spacial score (nSPS) is 18.0. The molecule has 0 radical (unpaired) electrons. The summed E-state index contributed by atoms with van der Waals surface area (Å²) in [4.78, 5) is 26.0. The second kappa shape index (κ2) is 7.80. The van der Waals surface area contributed by atoms with Crippen LogP contribution in [0.2, 0.25) is 0 Å². The van der Waals surface area contributed by atoms with Gasteiger partial charge in [-0.15, -0.1) is 0 Å². The minimum atomic E-state index is -0.229. The molecule has 2 amide bonds.